The van der Waals surface area contributed by atoms with Crippen molar-refractivity contribution in [2.24, 2.45) is 17.8 Å². The second-order valence-corrected chi connectivity index (χ2v) is 12.6. The second-order valence-electron chi connectivity index (χ2n) is 12.6. The summed E-state index contributed by atoms with van der Waals surface area (Å²) in [7, 11) is 1.68. The van der Waals surface area contributed by atoms with Crippen LogP contribution in [0.4, 0.5) is 18.9 Å². The number of piperidine rings is 1. The summed E-state index contributed by atoms with van der Waals surface area (Å²) in [6, 6.07) is 13.6. The molecule has 0 radical (unpaired) electrons. The molecule has 0 N–H and O–H groups in total. The van der Waals surface area contributed by atoms with Gasteiger partial charge in [-0.2, -0.15) is 18.3 Å². The van der Waals surface area contributed by atoms with Gasteiger partial charge in [0.1, 0.15) is 11.5 Å². The molecule has 2 aliphatic carbocycles. The Labute approximate surface area is 265 Å². The predicted octanol–water partition coefficient (Wildman–Crippen LogP) is 6.71. The first-order chi connectivity index (χ1) is 22.2. The number of aromatic nitrogens is 2. The lowest BCUT2D eigenvalue weighted by molar-refractivity contribution is -0.286. The number of carbonyl (C=O) groups excluding carboxylic acids is 2. The number of alkyl halides is 3. The van der Waals surface area contributed by atoms with Crippen LogP contribution in [0.15, 0.2) is 54.9 Å². The Bertz CT molecular complexity index is 1530. The van der Waals surface area contributed by atoms with Gasteiger partial charge in [-0.05, 0) is 92.0 Å². The Morgan fingerprint density at radius 3 is 2.43 bits per heavy atom. The SMILES string of the molecule is COc1ccc(-c2cnn(CC3CC3)c2)c(N2CCC(COc3cccc([C@@H](CC(=O)OOC(=O)C(F)(F)F)C4CC4)c3)CC2)c1. The number of halogens is 3. The number of methoxy groups -OCH3 is 1. The summed E-state index contributed by atoms with van der Waals surface area (Å²) in [5.41, 5.74) is 4.21. The fraction of sp³-hybridized carbons (Fsp3) is 0.500. The highest BCUT2D eigenvalue weighted by atomic mass is 19.4. The third-order valence-corrected chi connectivity index (χ3v) is 9.04. The summed E-state index contributed by atoms with van der Waals surface area (Å²) in [6.45, 7) is 3.25. The zero-order valence-corrected chi connectivity index (χ0v) is 25.7. The molecule has 46 heavy (non-hydrogen) atoms. The molecular weight excluding hydrogens is 603 g/mol. The molecular formula is C34H38F3N3O6. The van der Waals surface area contributed by atoms with Gasteiger partial charge in [-0.15, -0.1) is 0 Å². The number of ether oxygens (including phenoxy) is 2. The Kier molecular flexibility index (Phi) is 9.42. The molecule has 0 spiro atoms. The highest BCUT2D eigenvalue weighted by Crippen LogP contribution is 2.45. The topological polar surface area (TPSA) is 92.1 Å². The van der Waals surface area contributed by atoms with Crippen molar-refractivity contribution in [1.29, 1.82) is 0 Å². The largest absolute Gasteiger partial charge is 0.497 e. The summed E-state index contributed by atoms with van der Waals surface area (Å²) in [6.07, 6.45) is 4.88. The number of rotatable bonds is 12. The van der Waals surface area contributed by atoms with Crippen LogP contribution in [0.25, 0.3) is 11.1 Å². The van der Waals surface area contributed by atoms with E-state index in [4.69, 9.17) is 9.47 Å². The Balaban J connectivity index is 1.03. The van der Waals surface area contributed by atoms with E-state index in [2.05, 4.69) is 38.1 Å². The van der Waals surface area contributed by atoms with Crippen molar-refractivity contribution in [2.75, 3.05) is 31.7 Å². The van der Waals surface area contributed by atoms with Crippen molar-refractivity contribution in [3.05, 3.63) is 60.4 Å². The van der Waals surface area contributed by atoms with Crippen LogP contribution in [0.1, 0.15) is 56.4 Å². The summed E-state index contributed by atoms with van der Waals surface area (Å²) < 4.78 is 50.9. The summed E-state index contributed by atoms with van der Waals surface area (Å²) in [5, 5.41) is 4.61. The first-order valence-electron chi connectivity index (χ1n) is 15.8. The number of nitrogens with zero attached hydrogens (tertiary/aromatic N) is 3. The van der Waals surface area contributed by atoms with Gasteiger partial charge in [0.2, 0.25) is 0 Å². The molecule has 3 aromatic rings. The smallest absolute Gasteiger partial charge is 0.495 e. The van der Waals surface area contributed by atoms with Crippen LogP contribution in [-0.4, -0.2) is 54.7 Å². The lowest BCUT2D eigenvalue weighted by Gasteiger charge is -2.34. The predicted molar refractivity (Wildman–Crippen MR) is 162 cm³/mol. The van der Waals surface area contributed by atoms with Crippen LogP contribution in [0.3, 0.4) is 0 Å². The minimum atomic E-state index is -5.24. The number of hydrogen-bond donors (Lipinski definition) is 0. The van der Waals surface area contributed by atoms with E-state index in [0.29, 0.717) is 18.3 Å². The zero-order valence-electron chi connectivity index (χ0n) is 25.7. The van der Waals surface area contributed by atoms with Gasteiger partial charge in [0, 0.05) is 48.7 Å². The molecule has 12 heteroatoms. The molecule has 246 valence electrons. The maximum atomic E-state index is 12.4. The molecule has 2 aromatic carbocycles. The molecule has 0 unspecified atom stereocenters. The van der Waals surface area contributed by atoms with E-state index in [-0.39, 0.29) is 18.3 Å². The van der Waals surface area contributed by atoms with Crippen LogP contribution in [-0.2, 0) is 25.9 Å². The van der Waals surface area contributed by atoms with Gasteiger partial charge >= 0.3 is 18.1 Å². The van der Waals surface area contributed by atoms with E-state index >= 15 is 0 Å². The van der Waals surface area contributed by atoms with Crippen LogP contribution in [0, 0.1) is 17.8 Å². The monoisotopic (exact) mass is 641 g/mol. The second kappa shape index (κ2) is 13.6. The van der Waals surface area contributed by atoms with Crippen LogP contribution >= 0.6 is 0 Å². The highest BCUT2D eigenvalue weighted by Gasteiger charge is 2.43. The number of carbonyl (C=O) groups is 2. The molecule has 0 amide bonds. The Morgan fingerprint density at radius 2 is 1.74 bits per heavy atom. The molecule has 0 bridgehead atoms. The first-order valence-corrected chi connectivity index (χ1v) is 15.8. The average molecular weight is 642 g/mol. The fourth-order valence-electron chi connectivity index (χ4n) is 6.10. The average Bonchev–Trinajstić information content (AvgIpc) is 4.00. The van der Waals surface area contributed by atoms with Crippen LogP contribution in [0.5, 0.6) is 11.5 Å². The number of anilines is 1. The van der Waals surface area contributed by atoms with Crippen molar-refractivity contribution in [3.8, 4) is 22.6 Å². The van der Waals surface area contributed by atoms with Gasteiger partial charge in [-0.1, -0.05) is 12.1 Å². The van der Waals surface area contributed by atoms with Gasteiger partial charge in [0.25, 0.3) is 0 Å². The van der Waals surface area contributed by atoms with Crippen molar-refractivity contribution in [1.82, 2.24) is 9.78 Å². The molecule has 1 aromatic heterocycles. The number of benzene rings is 2. The minimum absolute atomic E-state index is 0.194. The van der Waals surface area contributed by atoms with Gasteiger partial charge in [-0.25, -0.2) is 19.4 Å². The van der Waals surface area contributed by atoms with E-state index in [1.807, 2.05) is 41.2 Å². The summed E-state index contributed by atoms with van der Waals surface area (Å²) >= 11 is 0. The van der Waals surface area contributed by atoms with E-state index in [9.17, 15) is 22.8 Å². The molecule has 1 atom stereocenters. The summed E-state index contributed by atoms with van der Waals surface area (Å²) in [5.74, 6) is -1.09. The van der Waals surface area contributed by atoms with E-state index in [1.165, 1.54) is 12.8 Å². The van der Waals surface area contributed by atoms with E-state index in [1.54, 1.807) is 7.11 Å². The Morgan fingerprint density at radius 1 is 0.957 bits per heavy atom. The standard InChI is InChI=1S/C34H38F3N3O6/c1-43-27-9-10-29(26-18-38-40(20-26)19-22-5-6-22)31(16-27)39-13-11-23(12-14-39)21-44-28-4-2-3-25(15-28)30(24-7-8-24)17-32(41)45-46-33(42)34(35,36)37/h2-4,9-10,15-16,18,20,22-24,30H,5-8,11-14,17,19,21H2,1H3/t30-/m0/s1. The molecule has 1 saturated heterocycles. The van der Waals surface area contributed by atoms with Crippen molar-refractivity contribution in [3.63, 3.8) is 0 Å². The van der Waals surface area contributed by atoms with Crippen molar-refractivity contribution >= 4 is 17.6 Å². The normalized spacial score (nSPS) is 17.8. The van der Waals surface area contributed by atoms with Crippen molar-refractivity contribution in [2.45, 2.75) is 63.6 Å². The quantitative estimate of drug-likeness (QED) is 0.159. The van der Waals surface area contributed by atoms with Crippen molar-refractivity contribution < 1.29 is 42.0 Å². The van der Waals surface area contributed by atoms with Gasteiger partial charge < -0.3 is 14.4 Å². The maximum Gasteiger partial charge on any atom is 0.495 e. The van der Waals surface area contributed by atoms with E-state index < -0.39 is 18.1 Å². The molecule has 6 rings (SSSR count). The molecule has 3 aliphatic rings. The highest BCUT2D eigenvalue weighted by molar-refractivity contribution is 5.79. The molecule has 9 nitrogen and oxygen atoms in total. The zero-order chi connectivity index (χ0) is 32.3. The van der Waals surface area contributed by atoms with Gasteiger partial charge in [-0.3, -0.25) is 4.68 Å². The first kappa shape index (κ1) is 31.7. The number of hydrogen-bond acceptors (Lipinski definition) is 8. The van der Waals surface area contributed by atoms with E-state index in [0.717, 1.165) is 79.4 Å². The van der Waals surface area contributed by atoms with Gasteiger partial charge in [0.05, 0.1) is 26.3 Å². The maximum absolute atomic E-state index is 12.4. The third kappa shape index (κ3) is 8.13. The lowest BCUT2D eigenvalue weighted by Crippen LogP contribution is -2.35. The van der Waals surface area contributed by atoms with Gasteiger partial charge in [0.15, 0.2) is 0 Å². The summed E-state index contributed by atoms with van der Waals surface area (Å²) in [4.78, 5) is 33.3. The molecule has 3 fully saturated rings. The minimum Gasteiger partial charge on any atom is -0.497 e. The Hall–Kier alpha value is -4.22. The molecule has 2 heterocycles. The lowest BCUT2D eigenvalue weighted by atomic mass is 9.91. The van der Waals surface area contributed by atoms with Crippen LogP contribution in [0.2, 0.25) is 0 Å². The molecule has 2 saturated carbocycles. The third-order valence-electron chi connectivity index (χ3n) is 9.04. The van der Waals surface area contributed by atoms with Crippen LogP contribution < -0.4 is 14.4 Å². The molecule has 1 aliphatic heterocycles. The fourth-order valence-corrected chi connectivity index (χ4v) is 6.10.